The van der Waals surface area contributed by atoms with E-state index in [4.69, 9.17) is 0 Å². The first-order valence-electron chi connectivity index (χ1n) is 9.35. The third-order valence-electron chi connectivity index (χ3n) is 4.48. The van der Waals surface area contributed by atoms with E-state index in [0.717, 1.165) is 19.5 Å². The van der Waals surface area contributed by atoms with Crippen LogP contribution in [0.1, 0.15) is 12.5 Å². The molecule has 1 atom stereocenters. The van der Waals surface area contributed by atoms with Gasteiger partial charge in [-0.1, -0.05) is 18.2 Å². The van der Waals surface area contributed by atoms with Gasteiger partial charge in [0.25, 0.3) is 0 Å². The van der Waals surface area contributed by atoms with Crippen molar-refractivity contribution in [3.05, 3.63) is 66.5 Å². The van der Waals surface area contributed by atoms with E-state index in [0.29, 0.717) is 6.04 Å². The Labute approximate surface area is 166 Å². The Morgan fingerprint density at radius 1 is 1.04 bits per heavy atom. The van der Waals surface area contributed by atoms with Crippen LogP contribution in [0.2, 0.25) is 0 Å². The van der Waals surface area contributed by atoms with Gasteiger partial charge in [-0.05, 0) is 73.1 Å². The Hall–Kier alpha value is -2.08. The van der Waals surface area contributed by atoms with Crippen LogP contribution in [-0.4, -0.2) is 38.2 Å². The fourth-order valence-electron chi connectivity index (χ4n) is 2.85. The molecule has 0 fully saturated rings. The lowest BCUT2D eigenvalue weighted by Gasteiger charge is -2.15. The fourth-order valence-corrected chi connectivity index (χ4v) is 3.59. The summed E-state index contributed by atoms with van der Waals surface area (Å²) in [6.07, 6.45) is 4.79. The zero-order chi connectivity index (χ0) is 19.1. The Kier molecular flexibility index (Phi) is 7.10. The Balaban J connectivity index is 1.37. The van der Waals surface area contributed by atoms with E-state index in [1.165, 1.54) is 26.9 Å². The molecule has 2 N–H and O–H groups in total. The zero-order valence-corrected chi connectivity index (χ0v) is 17.1. The summed E-state index contributed by atoms with van der Waals surface area (Å²) in [6, 6.07) is 17.7. The first-order chi connectivity index (χ1) is 13.1. The third-order valence-corrected chi connectivity index (χ3v) is 5.49. The van der Waals surface area contributed by atoms with Gasteiger partial charge in [0.05, 0.1) is 0 Å². The third kappa shape index (κ3) is 5.96. The van der Waals surface area contributed by atoms with Crippen molar-refractivity contribution in [1.82, 2.24) is 15.0 Å². The highest BCUT2D eigenvalue weighted by Gasteiger charge is 2.03. The average molecular weight is 381 g/mol. The highest BCUT2D eigenvalue weighted by Crippen LogP contribution is 2.21. The van der Waals surface area contributed by atoms with E-state index in [-0.39, 0.29) is 0 Å². The van der Waals surface area contributed by atoms with Gasteiger partial charge >= 0.3 is 0 Å². The molecule has 3 aromatic rings. The lowest BCUT2D eigenvalue weighted by Crippen LogP contribution is -2.33. The molecule has 3 rings (SSSR count). The molecule has 2 aromatic carbocycles. The number of hydrogen-bond acceptors (Lipinski definition) is 5. The second-order valence-electron chi connectivity index (χ2n) is 7.02. The molecule has 0 spiro atoms. The molecule has 5 heteroatoms. The highest BCUT2D eigenvalue weighted by atomic mass is 32.2. The monoisotopic (exact) mass is 380 g/mol. The van der Waals surface area contributed by atoms with Crippen LogP contribution in [0.3, 0.4) is 0 Å². The van der Waals surface area contributed by atoms with Crippen LogP contribution in [0.15, 0.2) is 65.8 Å². The summed E-state index contributed by atoms with van der Waals surface area (Å²) in [6.45, 7) is 4.14. The molecule has 0 saturated heterocycles. The Bertz CT molecular complexity index is 848. The molecular weight excluding hydrogens is 352 g/mol. The maximum atomic E-state index is 4.16. The molecule has 0 aliphatic rings. The van der Waals surface area contributed by atoms with Crippen LogP contribution in [0.25, 0.3) is 10.8 Å². The summed E-state index contributed by atoms with van der Waals surface area (Å²) < 4.78 is 3.52. The van der Waals surface area contributed by atoms with Gasteiger partial charge in [-0.15, -0.1) is 0 Å². The molecule has 142 valence electrons. The number of anilines is 1. The summed E-state index contributed by atoms with van der Waals surface area (Å²) >= 11 is 1.69. The minimum atomic E-state index is 0.388. The number of fused-ring (bicyclic) bond motifs is 1. The predicted octanol–water partition coefficient (Wildman–Crippen LogP) is 4.12. The first-order valence-corrected chi connectivity index (χ1v) is 10.2. The maximum Gasteiger partial charge on any atom is 0.0361 e. The largest absolute Gasteiger partial charge is 0.378 e. The van der Waals surface area contributed by atoms with Crippen molar-refractivity contribution in [3.63, 3.8) is 0 Å². The number of hydrogen-bond donors (Lipinski definition) is 2. The molecule has 0 unspecified atom stereocenters. The SMILES string of the molecule is C[C@H](CNCCc1ccc(N(C)C)cc1)NSc1ccc2cnccc2c1. The molecule has 0 aliphatic heterocycles. The number of pyridine rings is 1. The highest BCUT2D eigenvalue weighted by molar-refractivity contribution is 7.97. The van der Waals surface area contributed by atoms with Gasteiger partial charge in [0, 0.05) is 55.0 Å². The molecule has 4 nitrogen and oxygen atoms in total. The van der Waals surface area contributed by atoms with Crippen molar-refractivity contribution in [2.75, 3.05) is 32.1 Å². The number of rotatable bonds is 9. The first kappa shape index (κ1) is 19.7. The summed E-state index contributed by atoms with van der Waals surface area (Å²) in [5.41, 5.74) is 2.61. The van der Waals surface area contributed by atoms with Gasteiger partial charge in [0.2, 0.25) is 0 Å². The molecule has 27 heavy (non-hydrogen) atoms. The Morgan fingerprint density at radius 3 is 2.63 bits per heavy atom. The molecule has 0 radical (unpaired) electrons. The standard InChI is InChI=1S/C22H28N4S/c1-17(15-23-12-10-18-4-7-21(8-5-18)26(2)3)25-27-22-9-6-20-16-24-13-11-19(20)14-22/h4-9,11,13-14,16-17,23,25H,10,12,15H2,1-3H3/t17-/m1/s1. The molecule has 0 aliphatic carbocycles. The topological polar surface area (TPSA) is 40.2 Å². The van der Waals surface area contributed by atoms with Crippen molar-refractivity contribution < 1.29 is 0 Å². The van der Waals surface area contributed by atoms with E-state index in [9.17, 15) is 0 Å². The van der Waals surface area contributed by atoms with E-state index in [1.807, 2.05) is 12.4 Å². The van der Waals surface area contributed by atoms with E-state index in [1.54, 1.807) is 11.9 Å². The van der Waals surface area contributed by atoms with E-state index in [2.05, 4.69) is 89.5 Å². The summed E-state index contributed by atoms with van der Waals surface area (Å²) in [5.74, 6) is 0. The van der Waals surface area contributed by atoms with Crippen LogP contribution in [-0.2, 0) is 6.42 Å². The van der Waals surface area contributed by atoms with Gasteiger partial charge < -0.3 is 10.2 Å². The van der Waals surface area contributed by atoms with Crippen LogP contribution in [0.4, 0.5) is 5.69 Å². The predicted molar refractivity (Wildman–Crippen MR) is 118 cm³/mol. The molecule has 0 saturated carbocycles. The zero-order valence-electron chi connectivity index (χ0n) is 16.3. The van der Waals surface area contributed by atoms with Gasteiger partial charge in [0.15, 0.2) is 0 Å². The van der Waals surface area contributed by atoms with Crippen LogP contribution >= 0.6 is 11.9 Å². The quantitative estimate of drug-likeness (QED) is 0.432. The van der Waals surface area contributed by atoms with Gasteiger partial charge in [0.1, 0.15) is 0 Å². The number of benzene rings is 2. The van der Waals surface area contributed by atoms with Gasteiger partial charge in [-0.2, -0.15) is 0 Å². The van der Waals surface area contributed by atoms with Crippen molar-refractivity contribution in [1.29, 1.82) is 0 Å². The second-order valence-corrected chi connectivity index (χ2v) is 7.93. The number of aromatic nitrogens is 1. The van der Waals surface area contributed by atoms with Gasteiger partial charge in [-0.25, -0.2) is 0 Å². The van der Waals surface area contributed by atoms with Crippen LogP contribution in [0, 0.1) is 0 Å². The smallest absolute Gasteiger partial charge is 0.0361 e. The molecule has 1 heterocycles. The van der Waals surface area contributed by atoms with Crippen LogP contribution in [0.5, 0.6) is 0 Å². The Morgan fingerprint density at radius 2 is 1.85 bits per heavy atom. The molecule has 1 aromatic heterocycles. The van der Waals surface area contributed by atoms with Gasteiger partial charge in [-0.3, -0.25) is 9.71 Å². The number of nitrogens with zero attached hydrogens (tertiary/aromatic N) is 2. The fraction of sp³-hybridized carbons (Fsp3) is 0.318. The minimum absolute atomic E-state index is 0.388. The average Bonchev–Trinajstić information content (AvgIpc) is 2.70. The molecule has 0 bridgehead atoms. The van der Waals surface area contributed by atoms with E-state index < -0.39 is 0 Å². The minimum Gasteiger partial charge on any atom is -0.378 e. The normalized spacial score (nSPS) is 12.3. The lowest BCUT2D eigenvalue weighted by molar-refractivity contribution is 0.586. The summed E-state index contributed by atoms with van der Waals surface area (Å²) in [4.78, 5) is 7.51. The number of nitrogens with one attached hydrogen (secondary N) is 2. The van der Waals surface area contributed by atoms with E-state index >= 15 is 0 Å². The van der Waals surface area contributed by atoms with Crippen molar-refractivity contribution >= 4 is 28.4 Å². The maximum absolute atomic E-state index is 4.16. The molecule has 0 amide bonds. The van der Waals surface area contributed by atoms with Crippen molar-refractivity contribution in [2.24, 2.45) is 0 Å². The van der Waals surface area contributed by atoms with Crippen molar-refractivity contribution in [3.8, 4) is 0 Å². The summed E-state index contributed by atoms with van der Waals surface area (Å²) in [7, 11) is 4.14. The lowest BCUT2D eigenvalue weighted by atomic mass is 10.1. The molecular formula is C22H28N4S. The second kappa shape index (κ2) is 9.74. The van der Waals surface area contributed by atoms with Crippen molar-refractivity contribution in [2.45, 2.75) is 24.3 Å². The summed E-state index contributed by atoms with van der Waals surface area (Å²) in [5, 5.41) is 5.94. The van der Waals surface area contributed by atoms with Crippen LogP contribution < -0.4 is 14.9 Å².